The number of hydrogen-bond acceptors (Lipinski definition) is 15. The molecule has 0 radical (unpaired) electrons. The van der Waals surface area contributed by atoms with Crippen LogP contribution in [0.25, 0.3) is 22.3 Å². The Bertz CT molecular complexity index is 3660. The van der Waals surface area contributed by atoms with Crippen LogP contribution in [0.4, 0.5) is 10.7 Å². The van der Waals surface area contributed by atoms with E-state index in [1.54, 1.807) is 43.1 Å². The molecule has 450 valence electrons. The molecule has 4 N–H and O–H groups in total. The lowest BCUT2D eigenvalue weighted by Crippen LogP contribution is -2.39. The maximum absolute atomic E-state index is 13.7. The number of amides is 3. The second-order valence-corrected chi connectivity index (χ2v) is 22.9. The van der Waals surface area contributed by atoms with Gasteiger partial charge in [0.1, 0.15) is 36.0 Å². The van der Waals surface area contributed by atoms with Crippen molar-refractivity contribution < 1.29 is 47.1 Å². The first-order valence-electron chi connectivity index (χ1n) is 28.9. The number of methoxy groups -OCH3 is 2. The molecule has 10 rings (SSSR count). The minimum atomic E-state index is -1.77. The van der Waals surface area contributed by atoms with Gasteiger partial charge >= 0.3 is 6.09 Å². The molecule has 1 saturated heterocycles. The summed E-state index contributed by atoms with van der Waals surface area (Å²) in [5.41, 5.74) is 6.44. The summed E-state index contributed by atoms with van der Waals surface area (Å²) in [5.74, 6) is 0.205. The van der Waals surface area contributed by atoms with Crippen LogP contribution in [0.3, 0.4) is 0 Å². The molecule has 4 atom stereocenters. The lowest BCUT2D eigenvalue weighted by atomic mass is 9.80. The number of carbonyl (C=O) groups is 3. The van der Waals surface area contributed by atoms with Gasteiger partial charge in [0.15, 0.2) is 11.2 Å². The maximum Gasteiger partial charge on any atom is 0.407 e. The minimum absolute atomic E-state index is 0.000352. The Kier molecular flexibility index (Phi) is 19.8. The van der Waals surface area contributed by atoms with E-state index in [9.17, 15) is 24.4 Å². The smallest absolute Gasteiger partial charge is 0.407 e. The highest BCUT2D eigenvalue weighted by atomic mass is 31.2. The zero-order valence-corrected chi connectivity index (χ0v) is 50.2. The summed E-state index contributed by atoms with van der Waals surface area (Å²) in [7, 11) is 1.46. The fourth-order valence-corrected chi connectivity index (χ4v) is 13.0. The number of benzene rings is 6. The zero-order valence-electron chi connectivity index (χ0n) is 49.3. The lowest BCUT2D eigenvalue weighted by molar-refractivity contribution is -0.116. The van der Waals surface area contributed by atoms with E-state index in [0.29, 0.717) is 17.1 Å². The number of nitriles is 1. The topological polar surface area (TPSA) is 243 Å². The van der Waals surface area contributed by atoms with Crippen molar-refractivity contribution >= 4 is 43.5 Å². The van der Waals surface area contributed by atoms with Crippen molar-refractivity contribution in [1.29, 1.82) is 5.26 Å². The molecule has 87 heavy (non-hydrogen) atoms. The molecule has 3 amide bonds. The SMILES string of the molecule is COc1ccc(C(OCC2OC(n3cnc4c(=O)[nH]c(NC(=O)CCNC(=O)c5ccc(CNC(=O)OCC6c7ccccc7-c7ccccc76)cc5)nc43)CC2OP(OCCC#N)N(C(C)C)C(C)C)(c2ccccc2)c2ccc(OC)cc2)cc1. The van der Waals surface area contributed by atoms with Crippen molar-refractivity contribution in [2.24, 2.45) is 0 Å². The standard InChI is InChI=1S/C66H70N9O11P/c1-42(2)75(43(3)4)87(84-36-14-34-67)86-56-37-59(85-57(56)40-83-66(46-15-8-7-9-16-46,47-25-29-49(80-5)30-26-47)48-27-31-50(81-6)32-28-48)74-41-70-60-61(74)72-64(73-63(60)78)71-58(76)33-35-68-62(77)45-23-21-44(22-24-45)38-69-65(79)82-39-55-53-19-12-10-17-51(53)52-18-11-13-20-54(52)55/h7-13,15-32,41-43,55-57,59H,14,33,35-40H2,1-6H3,(H,68,77)(H,69,79)(H2,71,72,73,76,78). The molecule has 20 nitrogen and oxygen atoms in total. The number of ether oxygens (including phenoxy) is 5. The minimum Gasteiger partial charge on any atom is -0.497 e. The number of rotatable bonds is 26. The van der Waals surface area contributed by atoms with Gasteiger partial charge in [0.05, 0.1) is 52.4 Å². The van der Waals surface area contributed by atoms with Crippen LogP contribution < -0.4 is 31.0 Å². The molecular weight excluding hydrogens is 1130 g/mol. The van der Waals surface area contributed by atoms with E-state index in [2.05, 4.69) is 93.6 Å². The Morgan fingerprint density at radius 3 is 2.01 bits per heavy atom. The number of imidazole rings is 1. The summed E-state index contributed by atoms with van der Waals surface area (Å²) in [6, 6.07) is 50.5. The van der Waals surface area contributed by atoms with Gasteiger partial charge in [-0.15, -0.1) is 0 Å². The molecule has 8 aromatic rings. The number of anilines is 1. The number of nitrogens with one attached hydrogen (secondary N) is 4. The first-order valence-corrected chi connectivity index (χ1v) is 30.0. The van der Waals surface area contributed by atoms with Gasteiger partial charge in [-0.3, -0.25) is 29.3 Å². The normalized spacial score (nSPS) is 15.9. The molecule has 0 saturated carbocycles. The summed E-state index contributed by atoms with van der Waals surface area (Å²) < 4.78 is 48.5. The third-order valence-electron chi connectivity index (χ3n) is 15.3. The fraction of sp³-hybridized carbons (Fsp3) is 0.318. The number of aromatic nitrogens is 4. The van der Waals surface area contributed by atoms with Crippen molar-refractivity contribution in [2.75, 3.05) is 45.9 Å². The van der Waals surface area contributed by atoms with Crippen LogP contribution in [0.2, 0.25) is 0 Å². The van der Waals surface area contributed by atoms with Gasteiger partial charge in [0.2, 0.25) is 11.9 Å². The van der Waals surface area contributed by atoms with Crippen LogP contribution in [0.1, 0.15) is 103 Å². The molecule has 21 heteroatoms. The van der Waals surface area contributed by atoms with Crippen LogP contribution in [0.15, 0.2) is 163 Å². The maximum atomic E-state index is 13.7. The Hall–Kier alpha value is -8.80. The van der Waals surface area contributed by atoms with Crippen LogP contribution in [0.5, 0.6) is 11.5 Å². The van der Waals surface area contributed by atoms with E-state index in [1.165, 1.54) is 6.33 Å². The Morgan fingerprint density at radius 1 is 0.793 bits per heavy atom. The Morgan fingerprint density at radius 2 is 1.40 bits per heavy atom. The van der Waals surface area contributed by atoms with Gasteiger partial charge in [0.25, 0.3) is 20.0 Å². The van der Waals surface area contributed by atoms with Crippen molar-refractivity contribution in [3.63, 3.8) is 0 Å². The lowest BCUT2D eigenvalue weighted by Gasteiger charge is -2.39. The number of aromatic amines is 1. The number of H-pyrrole nitrogens is 1. The highest BCUT2D eigenvalue weighted by molar-refractivity contribution is 7.44. The van der Waals surface area contributed by atoms with Crippen molar-refractivity contribution in [2.45, 2.75) is 95.5 Å². The van der Waals surface area contributed by atoms with Gasteiger partial charge in [0, 0.05) is 49.5 Å². The number of alkyl carbamates (subject to hydrolysis) is 1. The van der Waals surface area contributed by atoms with E-state index in [-0.39, 0.29) is 87.3 Å². The second kappa shape index (κ2) is 28.1. The predicted octanol–water partition coefficient (Wildman–Crippen LogP) is 10.9. The third kappa shape index (κ3) is 13.9. The van der Waals surface area contributed by atoms with Crippen LogP contribution >= 0.6 is 8.53 Å². The van der Waals surface area contributed by atoms with E-state index in [0.717, 1.165) is 44.5 Å². The average Bonchev–Trinajstić information content (AvgIpc) is 1.86. The number of fused-ring (bicyclic) bond motifs is 4. The first kappa shape index (κ1) is 61.3. The molecule has 2 aliphatic rings. The number of carbonyl (C=O) groups excluding carboxylic acids is 3. The van der Waals surface area contributed by atoms with Crippen LogP contribution in [0, 0.1) is 11.3 Å². The summed E-state index contributed by atoms with van der Waals surface area (Å²) in [6.45, 7) is 8.71. The number of nitrogens with zero attached hydrogens (tertiary/aromatic N) is 5. The Labute approximate surface area is 506 Å². The van der Waals surface area contributed by atoms with Gasteiger partial charge in [-0.2, -0.15) is 10.2 Å². The highest BCUT2D eigenvalue weighted by Gasteiger charge is 2.45. The van der Waals surface area contributed by atoms with Crippen LogP contribution in [-0.4, -0.2) is 107 Å². The molecule has 0 spiro atoms. The molecule has 1 aliphatic carbocycles. The molecule has 3 heterocycles. The van der Waals surface area contributed by atoms with E-state index in [4.69, 9.17) is 32.7 Å². The zero-order chi connectivity index (χ0) is 61.0. The molecular formula is C66H70N9O11P. The van der Waals surface area contributed by atoms with Gasteiger partial charge in [-0.1, -0.05) is 115 Å². The monoisotopic (exact) mass is 1200 g/mol. The average molecular weight is 1200 g/mol. The first-order chi connectivity index (χ1) is 42.3. The third-order valence-corrected chi connectivity index (χ3v) is 17.5. The predicted molar refractivity (Wildman–Crippen MR) is 329 cm³/mol. The largest absolute Gasteiger partial charge is 0.497 e. The summed E-state index contributed by atoms with van der Waals surface area (Å²) in [5, 5.41) is 17.8. The van der Waals surface area contributed by atoms with Crippen LogP contribution in [-0.2, 0) is 40.2 Å². The molecule has 4 unspecified atom stereocenters. The van der Waals surface area contributed by atoms with Crippen molar-refractivity contribution in [3.05, 3.63) is 207 Å². The quantitative estimate of drug-likeness (QED) is 0.0224. The van der Waals surface area contributed by atoms with Gasteiger partial charge in [-0.25, -0.2) is 14.4 Å². The molecule has 1 fully saturated rings. The fourth-order valence-electron chi connectivity index (χ4n) is 11.2. The summed E-state index contributed by atoms with van der Waals surface area (Å²) in [4.78, 5) is 64.9. The van der Waals surface area contributed by atoms with E-state index < -0.39 is 56.0 Å². The molecule has 2 aromatic heterocycles. The second-order valence-electron chi connectivity index (χ2n) is 21.5. The molecule has 6 aromatic carbocycles. The van der Waals surface area contributed by atoms with Crippen molar-refractivity contribution in [1.82, 2.24) is 34.8 Å². The van der Waals surface area contributed by atoms with E-state index in [1.807, 2.05) is 103 Å². The van der Waals surface area contributed by atoms with E-state index >= 15 is 0 Å². The Balaban J connectivity index is 0.818. The molecule has 0 bridgehead atoms. The summed E-state index contributed by atoms with van der Waals surface area (Å²) in [6.07, 6.45) is -1.12. The molecule has 1 aliphatic heterocycles. The number of hydrogen-bond donors (Lipinski definition) is 4. The highest BCUT2D eigenvalue weighted by Crippen LogP contribution is 2.51. The van der Waals surface area contributed by atoms with Crippen molar-refractivity contribution in [3.8, 4) is 28.7 Å². The summed E-state index contributed by atoms with van der Waals surface area (Å²) >= 11 is 0. The van der Waals surface area contributed by atoms with Gasteiger partial charge in [-0.05, 0) is 109 Å². The van der Waals surface area contributed by atoms with Gasteiger partial charge < -0.3 is 43.4 Å².